The largest absolute Gasteiger partial charge is 0.508 e. The van der Waals surface area contributed by atoms with Crippen LogP contribution >= 0.6 is 0 Å². The fourth-order valence-electron chi connectivity index (χ4n) is 10.0. The van der Waals surface area contributed by atoms with Crippen molar-refractivity contribution in [3.8, 4) is 39.9 Å². The van der Waals surface area contributed by atoms with E-state index in [9.17, 15) is 20.4 Å². The molecule has 8 N–H and O–H groups in total. The number of fused-ring (bicyclic) bond motifs is 5. The number of unbranched alkanes of at least 4 members (excludes halogenated alkanes) is 2. The summed E-state index contributed by atoms with van der Waals surface area (Å²) in [6.07, 6.45) is 11.6. The standard InChI is InChI=1S/C48H69N3O7/c1-6-7-8-11-29(4)12-9-13-30-21-33-23-39(54)34(20-28(2)3)22-36(33)46-44(56-5)26-42-37(45(30)46)25-40(55)47(58-42)31-16-17-38(53)43(24-31)57-41-15-10-14-32(27-52)35(41)18-19-51-48(49)50/h16-17,22-24,26,28-30,32,35,40-41,47,52-55H,6-15,18-21,25,27H2,1-5H3,(H4,49,50,51). The number of phenols is 2. The highest BCUT2D eigenvalue weighted by Gasteiger charge is 2.39. The summed E-state index contributed by atoms with van der Waals surface area (Å²) in [4.78, 5) is 4.18. The monoisotopic (exact) mass is 800 g/mol. The minimum Gasteiger partial charge on any atom is -0.508 e. The van der Waals surface area contributed by atoms with Crippen molar-refractivity contribution >= 4 is 5.96 Å². The molecule has 10 nitrogen and oxygen atoms in total. The van der Waals surface area contributed by atoms with Crippen LogP contribution in [0.2, 0.25) is 0 Å². The summed E-state index contributed by atoms with van der Waals surface area (Å²) in [5, 5.41) is 44.4. The molecule has 6 rings (SSSR count). The lowest BCUT2D eigenvalue weighted by molar-refractivity contribution is 0.0169. The van der Waals surface area contributed by atoms with Crippen LogP contribution in [0.3, 0.4) is 0 Å². The third kappa shape index (κ3) is 9.99. The van der Waals surface area contributed by atoms with Crippen LogP contribution in [-0.4, -0.2) is 58.9 Å². The second-order valence-electron chi connectivity index (χ2n) is 17.8. The number of aliphatic hydroxyl groups is 2. The molecule has 58 heavy (non-hydrogen) atoms. The molecule has 0 radical (unpaired) electrons. The number of ether oxygens (including phenoxy) is 3. The summed E-state index contributed by atoms with van der Waals surface area (Å²) < 4.78 is 19.6. The maximum Gasteiger partial charge on any atom is 0.185 e. The van der Waals surface area contributed by atoms with Gasteiger partial charge in [0.15, 0.2) is 17.5 Å². The van der Waals surface area contributed by atoms with Gasteiger partial charge < -0.3 is 46.1 Å². The summed E-state index contributed by atoms with van der Waals surface area (Å²) in [6, 6.07) is 11.3. The van der Waals surface area contributed by atoms with Gasteiger partial charge in [0.1, 0.15) is 29.5 Å². The van der Waals surface area contributed by atoms with Crippen molar-refractivity contribution in [2.24, 2.45) is 40.1 Å². The molecule has 2 aliphatic carbocycles. The molecule has 0 aromatic heterocycles. The average molecular weight is 800 g/mol. The van der Waals surface area contributed by atoms with E-state index < -0.39 is 12.2 Å². The molecule has 3 aromatic rings. The number of nitrogens with two attached hydrogens (primary N) is 2. The number of rotatable bonds is 18. The first-order valence-electron chi connectivity index (χ1n) is 22.0. The Bertz CT molecular complexity index is 1870. The fraction of sp³-hybridized carbons (Fsp3) is 0.604. The van der Waals surface area contributed by atoms with Crippen molar-refractivity contribution in [2.45, 2.75) is 142 Å². The van der Waals surface area contributed by atoms with E-state index in [0.717, 1.165) is 84.9 Å². The van der Waals surface area contributed by atoms with Gasteiger partial charge in [-0.1, -0.05) is 72.3 Å². The normalized spacial score (nSPS) is 23.0. The molecule has 1 saturated carbocycles. The third-order valence-corrected chi connectivity index (χ3v) is 13.0. The highest BCUT2D eigenvalue weighted by molar-refractivity contribution is 5.83. The van der Waals surface area contributed by atoms with Crippen LogP contribution in [0, 0.1) is 23.7 Å². The van der Waals surface area contributed by atoms with Gasteiger partial charge in [-0.25, -0.2) is 0 Å². The maximum atomic E-state index is 12.0. The molecule has 318 valence electrons. The van der Waals surface area contributed by atoms with Crippen LogP contribution in [0.4, 0.5) is 0 Å². The number of hydrogen-bond donors (Lipinski definition) is 6. The lowest BCUT2D eigenvalue weighted by atomic mass is 9.72. The molecule has 7 unspecified atom stereocenters. The van der Waals surface area contributed by atoms with Crippen molar-refractivity contribution < 1.29 is 34.6 Å². The number of methoxy groups -OCH3 is 1. The molecular formula is C48H69N3O7. The number of aliphatic imine (C=N–C) groups is 1. The summed E-state index contributed by atoms with van der Waals surface area (Å²) in [7, 11) is 1.70. The second-order valence-corrected chi connectivity index (χ2v) is 17.8. The first-order valence-corrected chi connectivity index (χ1v) is 22.0. The Labute approximate surface area is 346 Å². The Hall–Kier alpha value is -4.15. The quantitative estimate of drug-likeness (QED) is 0.0418. The van der Waals surface area contributed by atoms with Gasteiger partial charge in [0, 0.05) is 42.7 Å². The molecule has 10 heteroatoms. The number of guanidine groups is 1. The molecule has 3 aromatic carbocycles. The Morgan fingerprint density at radius 2 is 1.74 bits per heavy atom. The number of aliphatic hydroxyl groups excluding tert-OH is 2. The van der Waals surface area contributed by atoms with Crippen molar-refractivity contribution in [3.05, 3.63) is 64.2 Å². The number of phenolic OH excluding ortho intramolecular Hbond substituents is 2. The predicted octanol–water partition coefficient (Wildman–Crippen LogP) is 8.85. The van der Waals surface area contributed by atoms with Gasteiger partial charge >= 0.3 is 0 Å². The average Bonchev–Trinajstić information content (AvgIpc) is 3.18. The topological polar surface area (TPSA) is 173 Å². The SMILES string of the molecule is CCCCCC(C)CCCC1Cc2cc(O)c(CC(C)C)cc2-c2c(OC)cc3c(c21)CC(O)C(c1ccc(O)c(OC2CCCC(CO)C2CCN=C(N)N)c1)O3. The molecule has 1 aliphatic heterocycles. The molecule has 7 atom stereocenters. The Balaban J connectivity index is 1.32. The van der Waals surface area contributed by atoms with Gasteiger partial charge in [-0.05, 0) is 121 Å². The summed E-state index contributed by atoms with van der Waals surface area (Å²) in [6.45, 7) is 9.42. The zero-order valence-electron chi connectivity index (χ0n) is 35.5. The highest BCUT2D eigenvalue weighted by Crippen LogP contribution is 2.54. The van der Waals surface area contributed by atoms with Gasteiger partial charge in [0.2, 0.25) is 0 Å². The van der Waals surface area contributed by atoms with Crippen molar-refractivity contribution in [2.75, 3.05) is 20.3 Å². The molecule has 0 spiro atoms. The fourth-order valence-corrected chi connectivity index (χ4v) is 10.0. The van der Waals surface area contributed by atoms with Crippen molar-refractivity contribution in [1.29, 1.82) is 0 Å². The summed E-state index contributed by atoms with van der Waals surface area (Å²) in [5.74, 6) is 3.38. The Morgan fingerprint density at radius 1 is 0.948 bits per heavy atom. The van der Waals surface area contributed by atoms with Gasteiger partial charge in [0.05, 0.1) is 13.2 Å². The minimum atomic E-state index is -0.861. The minimum absolute atomic E-state index is 0.000268. The van der Waals surface area contributed by atoms with E-state index in [-0.39, 0.29) is 42.2 Å². The van der Waals surface area contributed by atoms with E-state index in [2.05, 4.69) is 38.8 Å². The lowest BCUT2D eigenvalue weighted by Gasteiger charge is -2.38. The van der Waals surface area contributed by atoms with Gasteiger partial charge in [-0.15, -0.1) is 0 Å². The number of nitrogens with zero attached hydrogens (tertiary/aromatic N) is 1. The second kappa shape index (κ2) is 19.7. The van der Waals surface area contributed by atoms with Crippen LogP contribution in [0.15, 0.2) is 41.4 Å². The van der Waals surface area contributed by atoms with E-state index in [4.69, 9.17) is 25.7 Å². The number of aromatic hydroxyl groups is 2. The van der Waals surface area contributed by atoms with E-state index in [1.807, 2.05) is 12.1 Å². The van der Waals surface area contributed by atoms with E-state index >= 15 is 0 Å². The zero-order chi connectivity index (χ0) is 41.5. The maximum absolute atomic E-state index is 12.0. The smallest absolute Gasteiger partial charge is 0.185 e. The Morgan fingerprint density at radius 3 is 2.47 bits per heavy atom. The van der Waals surface area contributed by atoms with Crippen LogP contribution in [0.5, 0.6) is 28.7 Å². The molecule has 1 fully saturated rings. The van der Waals surface area contributed by atoms with Crippen LogP contribution in [0.25, 0.3) is 11.1 Å². The van der Waals surface area contributed by atoms with Crippen LogP contribution in [-0.2, 0) is 19.3 Å². The number of benzene rings is 3. The summed E-state index contributed by atoms with van der Waals surface area (Å²) in [5.41, 5.74) is 18.3. The Kier molecular flexibility index (Phi) is 14.8. The molecular weight excluding hydrogens is 731 g/mol. The third-order valence-electron chi connectivity index (χ3n) is 13.0. The number of hydrogen-bond acceptors (Lipinski definition) is 8. The van der Waals surface area contributed by atoms with E-state index in [1.165, 1.54) is 31.2 Å². The summed E-state index contributed by atoms with van der Waals surface area (Å²) >= 11 is 0. The molecule has 0 bridgehead atoms. The zero-order valence-corrected chi connectivity index (χ0v) is 35.5. The van der Waals surface area contributed by atoms with Gasteiger partial charge in [-0.3, -0.25) is 4.99 Å². The lowest BCUT2D eigenvalue weighted by Crippen LogP contribution is -2.39. The van der Waals surface area contributed by atoms with Crippen molar-refractivity contribution in [3.63, 3.8) is 0 Å². The van der Waals surface area contributed by atoms with Gasteiger partial charge in [0.25, 0.3) is 0 Å². The van der Waals surface area contributed by atoms with E-state index in [0.29, 0.717) is 54.0 Å². The predicted molar refractivity (Wildman–Crippen MR) is 231 cm³/mol. The van der Waals surface area contributed by atoms with Gasteiger partial charge in [-0.2, -0.15) is 0 Å². The molecule has 1 heterocycles. The molecule has 3 aliphatic rings. The van der Waals surface area contributed by atoms with Crippen LogP contribution in [0.1, 0.15) is 138 Å². The van der Waals surface area contributed by atoms with E-state index in [1.54, 1.807) is 25.3 Å². The van der Waals surface area contributed by atoms with Crippen molar-refractivity contribution in [1.82, 2.24) is 0 Å². The highest BCUT2D eigenvalue weighted by atomic mass is 16.5. The van der Waals surface area contributed by atoms with Crippen LogP contribution < -0.4 is 25.7 Å². The first-order chi connectivity index (χ1) is 27.9. The molecule has 0 saturated heterocycles. The molecule has 0 amide bonds. The first kappa shape index (κ1) is 43.4.